The molecule has 0 aliphatic heterocycles. The van der Waals surface area contributed by atoms with Gasteiger partial charge in [0.15, 0.2) is 0 Å². The van der Waals surface area contributed by atoms with E-state index in [4.69, 9.17) is 4.74 Å². The predicted octanol–water partition coefficient (Wildman–Crippen LogP) is 2.88. The maximum atomic E-state index is 12.2. The first-order valence-electron chi connectivity index (χ1n) is 7.18. The van der Waals surface area contributed by atoms with Gasteiger partial charge >= 0.3 is 0 Å². The Hall–Kier alpha value is -2.89. The summed E-state index contributed by atoms with van der Waals surface area (Å²) < 4.78 is 5.08. The molecule has 0 atom stereocenters. The van der Waals surface area contributed by atoms with E-state index in [-0.39, 0.29) is 11.3 Å². The molecular formula is C17H18N2O4. The lowest BCUT2D eigenvalue weighted by Gasteiger charge is -2.08. The van der Waals surface area contributed by atoms with Gasteiger partial charge in [-0.15, -0.1) is 0 Å². The van der Waals surface area contributed by atoms with Crippen LogP contribution in [0.4, 0.5) is 5.69 Å². The van der Waals surface area contributed by atoms with Gasteiger partial charge in [-0.05, 0) is 37.1 Å². The number of nitro benzene ring substituents is 1. The molecule has 0 saturated carbocycles. The fourth-order valence-electron chi connectivity index (χ4n) is 2.29. The van der Waals surface area contributed by atoms with Crippen molar-refractivity contribution < 1.29 is 14.5 Å². The highest BCUT2D eigenvalue weighted by molar-refractivity contribution is 5.98. The van der Waals surface area contributed by atoms with Gasteiger partial charge in [-0.1, -0.05) is 24.3 Å². The Balaban J connectivity index is 2.00. The first-order chi connectivity index (χ1) is 11.0. The minimum absolute atomic E-state index is 0.0877. The van der Waals surface area contributed by atoms with E-state index in [1.807, 2.05) is 24.3 Å². The normalized spacial score (nSPS) is 10.2. The van der Waals surface area contributed by atoms with E-state index in [9.17, 15) is 14.9 Å². The Morgan fingerprint density at radius 2 is 1.91 bits per heavy atom. The summed E-state index contributed by atoms with van der Waals surface area (Å²) in [4.78, 5) is 22.8. The molecule has 1 amide bonds. The van der Waals surface area contributed by atoms with Crippen LogP contribution in [0.3, 0.4) is 0 Å². The quantitative estimate of drug-likeness (QED) is 0.656. The van der Waals surface area contributed by atoms with Gasteiger partial charge < -0.3 is 10.1 Å². The van der Waals surface area contributed by atoms with Gasteiger partial charge in [0.05, 0.1) is 12.0 Å². The molecule has 0 saturated heterocycles. The molecule has 0 fully saturated rings. The number of benzene rings is 2. The monoisotopic (exact) mass is 314 g/mol. The van der Waals surface area contributed by atoms with Crippen LogP contribution in [0.1, 0.15) is 21.5 Å². The summed E-state index contributed by atoms with van der Waals surface area (Å²) in [5.74, 6) is 0.335. The standard InChI is InChI=1S/C17H18N2O4/c1-12-4-3-5-15(16(12)19(21)22)17(20)18-11-10-13-6-8-14(23-2)9-7-13/h3-9H,10-11H2,1-2H3,(H,18,20). The minimum Gasteiger partial charge on any atom is -0.497 e. The van der Waals surface area contributed by atoms with Crippen LogP contribution < -0.4 is 10.1 Å². The molecular weight excluding hydrogens is 296 g/mol. The number of nitrogens with zero attached hydrogens (tertiary/aromatic N) is 1. The van der Waals surface area contributed by atoms with E-state index in [0.717, 1.165) is 11.3 Å². The first kappa shape index (κ1) is 16.5. The van der Waals surface area contributed by atoms with Gasteiger partial charge in [-0.25, -0.2) is 0 Å². The molecule has 2 aromatic carbocycles. The lowest BCUT2D eigenvalue weighted by molar-refractivity contribution is -0.385. The van der Waals surface area contributed by atoms with Crippen molar-refractivity contribution in [3.8, 4) is 5.75 Å². The predicted molar refractivity (Wildman–Crippen MR) is 86.9 cm³/mol. The number of nitro groups is 1. The molecule has 6 heteroatoms. The summed E-state index contributed by atoms with van der Waals surface area (Å²) in [5, 5.41) is 13.8. The molecule has 6 nitrogen and oxygen atoms in total. The van der Waals surface area contributed by atoms with Crippen LogP contribution in [0, 0.1) is 17.0 Å². The molecule has 0 heterocycles. The molecule has 0 spiro atoms. The first-order valence-corrected chi connectivity index (χ1v) is 7.18. The number of nitrogens with one attached hydrogen (secondary N) is 1. The maximum Gasteiger partial charge on any atom is 0.285 e. The molecule has 2 rings (SSSR count). The summed E-state index contributed by atoms with van der Waals surface area (Å²) in [6.07, 6.45) is 0.634. The van der Waals surface area contributed by atoms with Gasteiger partial charge in [0.25, 0.3) is 11.6 Å². The van der Waals surface area contributed by atoms with E-state index in [1.165, 1.54) is 6.07 Å². The van der Waals surface area contributed by atoms with E-state index in [1.54, 1.807) is 26.2 Å². The van der Waals surface area contributed by atoms with Gasteiger partial charge in [-0.2, -0.15) is 0 Å². The Kier molecular flexibility index (Phi) is 5.30. The van der Waals surface area contributed by atoms with Crippen LogP contribution in [-0.4, -0.2) is 24.5 Å². The number of amides is 1. The number of hydrogen-bond donors (Lipinski definition) is 1. The van der Waals surface area contributed by atoms with E-state index >= 15 is 0 Å². The zero-order valence-corrected chi connectivity index (χ0v) is 13.0. The zero-order chi connectivity index (χ0) is 16.8. The van der Waals surface area contributed by atoms with E-state index in [0.29, 0.717) is 18.5 Å². The average molecular weight is 314 g/mol. The number of methoxy groups -OCH3 is 1. The second-order valence-electron chi connectivity index (χ2n) is 5.08. The Morgan fingerprint density at radius 1 is 1.22 bits per heavy atom. The Bertz CT molecular complexity index is 711. The summed E-state index contributed by atoms with van der Waals surface area (Å²) in [7, 11) is 1.60. The molecule has 0 radical (unpaired) electrons. The lowest BCUT2D eigenvalue weighted by atomic mass is 10.1. The zero-order valence-electron chi connectivity index (χ0n) is 13.0. The molecule has 1 N–H and O–H groups in total. The fraction of sp³-hybridized carbons (Fsp3) is 0.235. The highest BCUT2D eigenvalue weighted by Gasteiger charge is 2.21. The van der Waals surface area contributed by atoms with Crippen LogP contribution >= 0.6 is 0 Å². The molecule has 23 heavy (non-hydrogen) atoms. The third-order valence-corrected chi connectivity index (χ3v) is 3.52. The minimum atomic E-state index is -0.520. The van der Waals surface area contributed by atoms with Crippen LogP contribution in [0.25, 0.3) is 0 Å². The Labute approximate surface area is 134 Å². The van der Waals surface area contributed by atoms with Crippen molar-refractivity contribution in [3.05, 3.63) is 69.3 Å². The number of rotatable bonds is 6. The summed E-state index contributed by atoms with van der Waals surface area (Å²) in [5.41, 5.74) is 1.46. The Morgan fingerprint density at radius 3 is 2.52 bits per heavy atom. The third-order valence-electron chi connectivity index (χ3n) is 3.52. The van der Waals surface area contributed by atoms with Crippen molar-refractivity contribution in [2.24, 2.45) is 0 Å². The second kappa shape index (κ2) is 7.40. The largest absolute Gasteiger partial charge is 0.497 e. The van der Waals surface area contributed by atoms with Gasteiger partial charge in [-0.3, -0.25) is 14.9 Å². The molecule has 0 aliphatic rings. The average Bonchev–Trinajstić information content (AvgIpc) is 2.54. The van der Waals surface area contributed by atoms with Crippen molar-refractivity contribution in [3.63, 3.8) is 0 Å². The number of para-hydroxylation sites is 1. The maximum absolute atomic E-state index is 12.2. The highest BCUT2D eigenvalue weighted by atomic mass is 16.6. The van der Waals surface area contributed by atoms with Gasteiger partial charge in [0.2, 0.25) is 0 Å². The molecule has 0 bridgehead atoms. The SMILES string of the molecule is COc1ccc(CCNC(=O)c2cccc(C)c2[N+](=O)[O-])cc1. The molecule has 0 aliphatic carbocycles. The van der Waals surface area contributed by atoms with Crippen LogP contribution in [0.15, 0.2) is 42.5 Å². The van der Waals surface area contributed by atoms with E-state index < -0.39 is 10.8 Å². The number of carbonyl (C=O) groups excluding carboxylic acids is 1. The molecule has 0 aromatic heterocycles. The highest BCUT2D eigenvalue weighted by Crippen LogP contribution is 2.22. The number of ether oxygens (including phenoxy) is 1. The lowest BCUT2D eigenvalue weighted by Crippen LogP contribution is -2.26. The van der Waals surface area contributed by atoms with Gasteiger partial charge in [0.1, 0.15) is 11.3 Å². The summed E-state index contributed by atoms with van der Waals surface area (Å²) in [6.45, 7) is 2.02. The second-order valence-corrected chi connectivity index (χ2v) is 5.08. The van der Waals surface area contributed by atoms with Crippen molar-refractivity contribution in [1.29, 1.82) is 0 Å². The van der Waals surface area contributed by atoms with Crippen LogP contribution in [0.5, 0.6) is 5.75 Å². The van der Waals surface area contributed by atoms with Crippen molar-refractivity contribution >= 4 is 11.6 Å². The smallest absolute Gasteiger partial charge is 0.285 e. The van der Waals surface area contributed by atoms with Crippen LogP contribution in [0.2, 0.25) is 0 Å². The summed E-state index contributed by atoms with van der Waals surface area (Å²) >= 11 is 0. The molecule has 120 valence electrons. The number of aryl methyl sites for hydroxylation is 1. The van der Waals surface area contributed by atoms with Crippen LogP contribution in [-0.2, 0) is 6.42 Å². The third kappa shape index (κ3) is 4.06. The van der Waals surface area contributed by atoms with Crippen molar-refractivity contribution in [1.82, 2.24) is 5.32 Å². The number of hydrogen-bond acceptors (Lipinski definition) is 4. The summed E-state index contributed by atoms with van der Waals surface area (Å²) in [6, 6.07) is 12.3. The van der Waals surface area contributed by atoms with Crippen molar-refractivity contribution in [2.45, 2.75) is 13.3 Å². The molecule has 0 unspecified atom stereocenters. The number of carbonyl (C=O) groups is 1. The van der Waals surface area contributed by atoms with Gasteiger partial charge in [0, 0.05) is 12.1 Å². The molecule has 2 aromatic rings. The van der Waals surface area contributed by atoms with E-state index in [2.05, 4.69) is 5.32 Å². The van der Waals surface area contributed by atoms with Crippen molar-refractivity contribution in [2.75, 3.05) is 13.7 Å². The topological polar surface area (TPSA) is 81.5 Å². The fourth-order valence-corrected chi connectivity index (χ4v) is 2.29.